The summed E-state index contributed by atoms with van der Waals surface area (Å²) in [6.07, 6.45) is 0.431. The molecule has 25 heavy (non-hydrogen) atoms. The van der Waals surface area contributed by atoms with Crippen molar-refractivity contribution in [2.75, 3.05) is 13.2 Å². The van der Waals surface area contributed by atoms with Crippen molar-refractivity contribution in [2.45, 2.75) is 64.3 Å². The summed E-state index contributed by atoms with van der Waals surface area (Å²) >= 11 is 0. The first-order valence-electron chi connectivity index (χ1n) is 8.28. The van der Waals surface area contributed by atoms with Gasteiger partial charge in [0.15, 0.2) is 0 Å². The van der Waals surface area contributed by atoms with Gasteiger partial charge in [-0.15, -0.1) is 0 Å². The second kappa shape index (κ2) is 7.44. The van der Waals surface area contributed by atoms with Crippen LogP contribution in [-0.4, -0.2) is 70.1 Å². The Kier molecular flexibility index (Phi) is 5.73. The van der Waals surface area contributed by atoms with E-state index in [-0.39, 0.29) is 18.7 Å². The fourth-order valence-corrected chi connectivity index (χ4v) is 2.78. The van der Waals surface area contributed by atoms with Crippen LogP contribution in [0.2, 0.25) is 0 Å². The Morgan fingerprint density at radius 1 is 1.36 bits per heavy atom. The van der Waals surface area contributed by atoms with Gasteiger partial charge in [-0.25, -0.2) is 20.1 Å². The monoisotopic (exact) mass is 358 g/mol. The number of carbonyl (C=O) groups is 3. The molecule has 0 spiro atoms. The maximum absolute atomic E-state index is 12.2. The molecule has 2 fully saturated rings. The number of hydrogen-bond acceptors (Lipinski definition) is 6. The van der Waals surface area contributed by atoms with Gasteiger partial charge < -0.3 is 15.0 Å². The van der Waals surface area contributed by atoms with Gasteiger partial charge in [-0.05, 0) is 40.5 Å². The maximum Gasteiger partial charge on any atom is 0.407 e. The van der Waals surface area contributed by atoms with Gasteiger partial charge in [-0.3, -0.25) is 14.8 Å². The molecule has 0 aromatic carbocycles. The number of amides is 4. The van der Waals surface area contributed by atoms with Gasteiger partial charge >= 0.3 is 12.1 Å². The lowest BCUT2D eigenvalue weighted by atomic mass is 10.0. The molecular formula is C15H26N4O6. The predicted octanol–water partition coefficient (Wildman–Crippen LogP) is 0.605. The van der Waals surface area contributed by atoms with Crippen molar-refractivity contribution in [1.29, 1.82) is 0 Å². The summed E-state index contributed by atoms with van der Waals surface area (Å²) in [7, 11) is 0. The van der Waals surface area contributed by atoms with Gasteiger partial charge in [-0.2, -0.15) is 0 Å². The molecule has 3 atom stereocenters. The Labute approximate surface area is 146 Å². The molecule has 4 amide bonds. The Bertz CT molecular complexity index is 535. The Morgan fingerprint density at radius 3 is 2.68 bits per heavy atom. The normalized spacial score (nSPS) is 24.1. The number of carbonyl (C=O) groups excluding carboxylic acids is 3. The minimum absolute atomic E-state index is 0.0421. The van der Waals surface area contributed by atoms with Crippen LogP contribution in [0.5, 0.6) is 0 Å². The Morgan fingerprint density at radius 2 is 2.04 bits per heavy atom. The Balaban J connectivity index is 1.72. The highest BCUT2D eigenvalue weighted by Gasteiger charge is 2.46. The number of hydroxylamine groups is 3. The third-order valence-electron chi connectivity index (χ3n) is 3.92. The summed E-state index contributed by atoms with van der Waals surface area (Å²) in [6, 6.07) is -1.87. The van der Waals surface area contributed by atoms with E-state index in [1.165, 1.54) is 4.90 Å². The average Bonchev–Trinajstić information content (AvgIpc) is 2.70. The van der Waals surface area contributed by atoms with E-state index in [0.29, 0.717) is 24.4 Å². The third-order valence-corrected chi connectivity index (χ3v) is 3.92. The lowest BCUT2D eigenvalue weighted by Crippen LogP contribution is -2.50. The van der Waals surface area contributed by atoms with E-state index < -0.39 is 29.7 Å². The number of hydrogen-bond donors (Lipinski definition) is 3. The van der Waals surface area contributed by atoms with Crippen LogP contribution >= 0.6 is 0 Å². The quantitative estimate of drug-likeness (QED) is 0.489. The lowest BCUT2D eigenvalue weighted by Gasteiger charge is -2.29. The second-order valence-corrected chi connectivity index (χ2v) is 7.35. The van der Waals surface area contributed by atoms with Crippen LogP contribution in [0.15, 0.2) is 0 Å². The van der Waals surface area contributed by atoms with Crippen molar-refractivity contribution in [1.82, 2.24) is 20.8 Å². The first-order valence-corrected chi connectivity index (χ1v) is 8.28. The summed E-state index contributed by atoms with van der Waals surface area (Å²) in [6.45, 7) is 7.35. The molecule has 2 bridgehead atoms. The molecule has 0 aromatic rings. The van der Waals surface area contributed by atoms with Gasteiger partial charge in [0.25, 0.3) is 5.91 Å². The summed E-state index contributed by atoms with van der Waals surface area (Å²) in [5, 5.41) is 12.9. The molecule has 10 nitrogen and oxygen atoms in total. The molecule has 2 rings (SSSR count). The first kappa shape index (κ1) is 19.3. The number of piperidine rings is 1. The van der Waals surface area contributed by atoms with E-state index in [2.05, 4.69) is 10.8 Å². The topological polar surface area (TPSA) is 120 Å². The van der Waals surface area contributed by atoms with Crippen LogP contribution in [0.3, 0.4) is 0 Å². The van der Waals surface area contributed by atoms with E-state index in [1.807, 2.05) is 0 Å². The van der Waals surface area contributed by atoms with Gasteiger partial charge in [-0.1, -0.05) is 0 Å². The molecule has 3 N–H and O–H groups in total. The molecule has 2 aliphatic heterocycles. The zero-order valence-corrected chi connectivity index (χ0v) is 14.9. The van der Waals surface area contributed by atoms with Crippen molar-refractivity contribution in [3.05, 3.63) is 0 Å². The number of urea groups is 1. The van der Waals surface area contributed by atoms with E-state index in [9.17, 15) is 19.6 Å². The standard InChI is InChI=1S/C15H26N4O6/c1-9(16-13(21)25-15(2,3)4)8-24-17-12(20)11-6-5-10-7-18(11)14(22)19(10)23/h9-11,23H,5-8H2,1-4H3,(H,16,21)(H,17,20)/t9-,10+,11?/m0/s1. The molecule has 2 saturated heterocycles. The fourth-order valence-electron chi connectivity index (χ4n) is 2.78. The summed E-state index contributed by atoms with van der Waals surface area (Å²) in [5.74, 6) is -0.452. The second-order valence-electron chi connectivity index (χ2n) is 7.35. The molecular weight excluding hydrogens is 332 g/mol. The molecule has 2 aliphatic rings. The van der Waals surface area contributed by atoms with Gasteiger partial charge in [0.1, 0.15) is 11.6 Å². The zero-order chi connectivity index (χ0) is 18.8. The number of nitrogens with one attached hydrogen (secondary N) is 2. The first-order chi connectivity index (χ1) is 11.6. The van der Waals surface area contributed by atoms with Crippen LogP contribution in [0.25, 0.3) is 0 Å². The van der Waals surface area contributed by atoms with E-state index >= 15 is 0 Å². The molecule has 0 aliphatic carbocycles. The minimum Gasteiger partial charge on any atom is -0.444 e. The Hall–Kier alpha value is -2.07. The minimum atomic E-state index is -0.671. The molecule has 0 radical (unpaired) electrons. The highest BCUT2D eigenvalue weighted by Crippen LogP contribution is 2.28. The van der Waals surface area contributed by atoms with Crippen molar-refractivity contribution < 1.29 is 29.2 Å². The molecule has 1 unspecified atom stereocenters. The molecule has 2 heterocycles. The fraction of sp³-hybridized carbons (Fsp3) is 0.800. The summed E-state index contributed by atoms with van der Waals surface area (Å²) < 4.78 is 5.12. The third kappa shape index (κ3) is 4.95. The van der Waals surface area contributed by atoms with Crippen LogP contribution in [-0.2, 0) is 14.4 Å². The molecule has 0 saturated carbocycles. The number of nitrogens with zero attached hydrogens (tertiary/aromatic N) is 2. The van der Waals surface area contributed by atoms with E-state index in [4.69, 9.17) is 9.57 Å². The van der Waals surface area contributed by atoms with Gasteiger partial charge in [0, 0.05) is 6.54 Å². The molecule has 0 aromatic heterocycles. The lowest BCUT2D eigenvalue weighted by molar-refractivity contribution is -0.139. The SMILES string of the molecule is C[C@@H](CONC(=O)C1CC[C@@H]2CN1C(=O)N2O)NC(=O)OC(C)(C)C. The number of fused-ring (bicyclic) bond motifs is 2. The zero-order valence-electron chi connectivity index (χ0n) is 14.9. The van der Waals surface area contributed by atoms with Crippen LogP contribution < -0.4 is 10.8 Å². The number of rotatable bonds is 5. The highest BCUT2D eigenvalue weighted by atomic mass is 16.7. The van der Waals surface area contributed by atoms with Crippen molar-refractivity contribution >= 4 is 18.0 Å². The van der Waals surface area contributed by atoms with Crippen molar-refractivity contribution in [3.8, 4) is 0 Å². The highest BCUT2D eigenvalue weighted by molar-refractivity contribution is 5.87. The van der Waals surface area contributed by atoms with Crippen molar-refractivity contribution in [2.24, 2.45) is 0 Å². The van der Waals surface area contributed by atoms with E-state index in [1.54, 1.807) is 27.7 Å². The number of ether oxygens (including phenoxy) is 1. The summed E-state index contributed by atoms with van der Waals surface area (Å²) in [4.78, 5) is 42.1. The van der Waals surface area contributed by atoms with Gasteiger partial charge in [0.2, 0.25) is 0 Å². The van der Waals surface area contributed by atoms with Crippen molar-refractivity contribution in [3.63, 3.8) is 0 Å². The van der Waals surface area contributed by atoms with Crippen LogP contribution in [0, 0.1) is 0 Å². The van der Waals surface area contributed by atoms with Crippen LogP contribution in [0.4, 0.5) is 9.59 Å². The predicted molar refractivity (Wildman–Crippen MR) is 85.5 cm³/mol. The van der Waals surface area contributed by atoms with Crippen LogP contribution in [0.1, 0.15) is 40.5 Å². The molecule has 10 heteroatoms. The smallest absolute Gasteiger partial charge is 0.407 e. The average molecular weight is 358 g/mol. The van der Waals surface area contributed by atoms with Gasteiger partial charge in [0.05, 0.1) is 18.7 Å². The summed E-state index contributed by atoms with van der Waals surface area (Å²) in [5.41, 5.74) is 1.70. The van der Waals surface area contributed by atoms with E-state index in [0.717, 1.165) is 0 Å². The molecule has 142 valence electrons. The number of alkyl carbamates (subject to hydrolysis) is 1. The largest absolute Gasteiger partial charge is 0.444 e. The maximum atomic E-state index is 12.2.